The van der Waals surface area contributed by atoms with Crippen LogP contribution in [-0.4, -0.2) is 36.2 Å². The molecule has 1 saturated heterocycles. The fraction of sp³-hybridized carbons (Fsp3) is 0.867. The lowest BCUT2D eigenvalue weighted by Crippen LogP contribution is -2.49. The fourth-order valence-corrected chi connectivity index (χ4v) is 2.20. The van der Waals surface area contributed by atoms with Gasteiger partial charge in [-0.3, -0.25) is 4.79 Å². The van der Waals surface area contributed by atoms with E-state index in [9.17, 15) is 9.59 Å². The second kappa shape index (κ2) is 6.57. The second-order valence-corrected chi connectivity index (χ2v) is 6.73. The molecule has 1 amide bonds. The molecule has 1 N–H and O–H groups in total. The quantitative estimate of drug-likeness (QED) is 0.801. The van der Waals surface area contributed by atoms with Crippen molar-refractivity contribution in [1.82, 2.24) is 5.32 Å². The van der Waals surface area contributed by atoms with E-state index in [1.54, 1.807) is 0 Å². The Morgan fingerprint density at radius 3 is 2.30 bits per heavy atom. The van der Waals surface area contributed by atoms with Crippen molar-refractivity contribution in [3.8, 4) is 0 Å². The molecule has 0 saturated carbocycles. The Morgan fingerprint density at radius 2 is 1.90 bits per heavy atom. The van der Waals surface area contributed by atoms with Gasteiger partial charge in [-0.2, -0.15) is 0 Å². The zero-order valence-electron chi connectivity index (χ0n) is 13.4. The third-order valence-electron chi connectivity index (χ3n) is 3.34. The summed E-state index contributed by atoms with van der Waals surface area (Å²) < 4.78 is 10.8. The zero-order chi connectivity index (χ0) is 15.5. The van der Waals surface area contributed by atoms with E-state index in [2.05, 4.69) is 5.32 Å². The van der Waals surface area contributed by atoms with E-state index < -0.39 is 11.6 Å². The third-order valence-corrected chi connectivity index (χ3v) is 3.34. The van der Waals surface area contributed by atoms with Crippen molar-refractivity contribution in [2.24, 2.45) is 11.8 Å². The van der Waals surface area contributed by atoms with Crippen molar-refractivity contribution < 1.29 is 19.1 Å². The Balaban J connectivity index is 2.67. The molecule has 0 aromatic carbocycles. The summed E-state index contributed by atoms with van der Waals surface area (Å²) in [4.78, 5) is 24.4. The van der Waals surface area contributed by atoms with Crippen molar-refractivity contribution >= 4 is 11.9 Å². The van der Waals surface area contributed by atoms with Gasteiger partial charge in [0.25, 0.3) is 0 Å². The summed E-state index contributed by atoms with van der Waals surface area (Å²) in [6.07, 6.45) is 0.605. The minimum atomic E-state index is -0.616. The SMILES string of the molecule is CC1OCCC1C(=O)N[C@H](C(=O)OC(C)(C)C)C(C)C. The number of carbonyl (C=O) groups is 2. The van der Waals surface area contributed by atoms with Crippen LogP contribution in [0.15, 0.2) is 0 Å². The predicted molar refractivity (Wildman–Crippen MR) is 76.1 cm³/mol. The van der Waals surface area contributed by atoms with E-state index >= 15 is 0 Å². The minimum absolute atomic E-state index is 0.0218. The highest BCUT2D eigenvalue weighted by Gasteiger charge is 2.35. The monoisotopic (exact) mass is 285 g/mol. The van der Waals surface area contributed by atoms with E-state index in [0.29, 0.717) is 13.0 Å². The van der Waals surface area contributed by atoms with Crippen molar-refractivity contribution in [3.63, 3.8) is 0 Å². The van der Waals surface area contributed by atoms with Crippen LogP contribution in [0.1, 0.15) is 48.0 Å². The highest BCUT2D eigenvalue weighted by atomic mass is 16.6. The van der Waals surface area contributed by atoms with Crippen LogP contribution in [0.25, 0.3) is 0 Å². The van der Waals surface area contributed by atoms with Crippen LogP contribution in [-0.2, 0) is 19.1 Å². The van der Waals surface area contributed by atoms with Gasteiger partial charge in [0.2, 0.25) is 5.91 Å². The first kappa shape index (κ1) is 17.0. The third kappa shape index (κ3) is 4.78. The molecule has 1 heterocycles. The second-order valence-electron chi connectivity index (χ2n) is 6.73. The molecule has 0 aromatic heterocycles. The van der Waals surface area contributed by atoms with Crippen LogP contribution in [0.5, 0.6) is 0 Å². The van der Waals surface area contributed by atoms with E-state index in [1.165, 1.54) is 0 Å². The molecule has 1 aliphatic heterocycles. The van der Waals surface area contributed by atoms with Gasteiger partial charge < -0.3 is 14.8 Å². The van der Waals surface area contributed by atoms with Crippen LogP contribution in [0.4, 0.5) is 0 Å². The minimum Gasteiger partial charge on any atom is -0.458 e. The lowest BCUT2D eigenvalue weighted by atomic mass is 9.98. The predicted octanol–water partition coefficient (Wildman–Crippen LogP) is 1.89. The number of carbonyl (C=O) groups excluding carboxylic acids is 2. The lowest BCUT2D eigenvalue weighted by Gasteiger charge is -2.27. The van der Waals surface area contributed by atoms with Gasteiger partial charge in [-0.15, -0.1) is 0 Å². The molecule has 1 rings (SSSR count). The number of amides is 1. The Morgan fingerprint density at radius 1 is 1.30 bits per heavy atom. The zero-order valence-corrected chi connectivity index (χ0v) is 13.4. The normalized spacial score (nSPS) is 24.6. The van der Waals surface area contributed by atoms with Crippen LogP contribution in [0, 0.1) is 11.8 Å². The van der Waals surface area contributed by atoms with Gasteiger partial charge in [0, 0.05) is 6.61 Å². The first-order valence-corrected chi connectivity index (χ1v) is 7.26. The number of nitrogens with one attached hydrogen (secondary N) is 1. The summed E-state index contributed by atoms with van der Waals surface area (Å²) in [5.74, 6) is -0.711. The smallest absolute Gasteiger partial charge is 0.329 e. The van der Waals surface area contributed by atoms with Crippen molar-refractivity contribution in [2.45, 2.75) is 65.7 Å². The van der Waals surface area contributed by atoms with E-state index in [4.69, 9.17) is 9.47 Å². The molecule has 3 atom stereocenters. The van der Waals surface area contributed by atoms with Gasteiger partial charge in [-0.1, -0.05) is 13.8 Å². The Kier molecular flexibility index (Phi) is 5.57. The molecule has 0 aromatic rings. The van der Waals surface area contributed by atoms with Crippen molar-refractivity contribution in [2.75, 3.05) is 6.61 Å². The Labute approximate surface area is 121 Å². The summed E-state index contributed by atoms with van der Waals surface area (Å²) in [5, 5.41) is 2.82. The van der Waals surface area contributed by atoms with Gasteiger partial charge in [0.15, 0.2) is 0 Å². The largest absolute Gasteiger partial charge is 0.458 e. The molecule has 1 fully saturated rings. The Hall–Kier alpha value is -1.10. The molecular weight excluding hydrogens is 258 g/mol. The summed E-state index contributed by atoms with van der Waals surface area (Å²) in [5.41, 5.74) is -0.557. The average Bonchev–Trinajstić information content (AvgIpc) is 2.69. The summed E-state index contributed by atoms with van der Waals surface area (Å²) in [6, 6.07) is -0.616. The van der Waals surface area contributed by atoms with Crippen LogP contribution < -0.4 is 5.32 Å². The molecule has 20 heavy (non-hydrogen) atoms. The topological polar surface area (TPSA) is 64.6 Å². The number of hydrogen-bond acceptors (Lipinski definition) is 4. The molecule has 5 heteroatoms. The van der Waals surface area contributed by atoms with Crippen molar-refractivity contribution in [3.05, 3.63) is 0 Å². The van der Waals surface area contributed by atoms with E-state index in [1.807, 2.05) is 41.5 Å². The Bertz CT molecular complexity index is 359. The lowest BCUT2D eigenvalue weighted by molar-refractivity contribution is -0.160. The van der Waals surface area contributed by atoms with Crippen LogP contribution in [0.2, 0.25) is 0 Å². The highest BCUT2D eigenvalue weighted by molar-refractivity contribution is 5.86. The highest BCUT2D eigenvalue weighted by Crippen LogP contribution is 2.21. The van der Waals surface area contributed by atoms with Gasteiger partial charge in [0.05, 0.1) is 12.0 Å². The maximum absolute atomic E-state index is 12.2. The summed E-state index contributed by atoms with van der Waals surface area (Å²) >= 11 is 0. The van der Waals surface area contributed by atoms with E-state index in [-0.39, 0.29) is 29.8 Å². The molecule has 0 spiro atoms. The molecule has 1 aliphatic rings. The number of rotatable bonds is 4. The molecule has 116 valence electrons. The summed E-state index contributed by atoms with van der Waals surface area (Å²) in [6.45, 7) is 11.7. The molecule has 0 radical (unpaired) electrons. The standard InChI is InChI=1S/C15H27NO4/c1-9(2)12(14(18)20-15(4,5)6)16-13(17)11-7-8-19-10(11)3/h9-12H,7-8H2,1-6H3,(H,16,17)/t10?,11?,12-/m0/s1. The molecule has 5 nitrogen and oxygen atoms in total. The van der Waals surface area contributed by atoms with E-state index in [0.717, 1.165) is 0 Å². The van der Waals surface area contributed by atoms with Crippen LogP contribution >= 0.6 is 0 Å². The van der Waals surface area contributed by atoms with Gasteiger partial charge in [-0.05, 0) is 40.0 Å². The molecular formula is C15H27NO4. The molecule has 0 aliphatic carbocycles. The number of esters is 1. The van der Waals surface area contributed by atoms with Crippen molar-refractivity contribution in [1.29, 1.82) is 0 Å². The molecule has 2 unspecified atom stereocenters. The summed E-state index contributed by atoms with van der Waals surface area (Å²) in [7, 11) is 0. The average molecular weight is 285 g/mol. The fourth-order valence-electron chi connectivity index (χ4n) is 2.20. The van der Waals surface area contributed by atoms with Gasteiger partial charge in [0.1, 0.15) is 11.6 Å². The molecule has 0 bridgehead atoms. The first-order valence-electron chi connectivity index (χ1n) is 7.26. The maximum Gasteiger partial charge on any atom is 0.329 e. The number of ether oxygens (including phenoxy) is 2. The van der Waals surface area contributed by atoms with Gasteiger partial charge >= 0.3 is 5.97 Å². The maximum atomic E-state index is 12.2. The van der Waals surface area contributed by atoms with Gasteiger partial charge in [-0.25, -0.2) is 4.79 Å². The van der Waals surface area contributed by atoms with Crippen LogP contribution in [0.3, 0.4) is 0 Å². The number of hydrogen-bond donors (Lipinski definition) is 1. The first-order chi connectivity index (χ1) is 9.11.